The summed E-state index contributed by atoms with van der Waals surface area (Å²) in [4.78, 5) is 24.2. The van der Waals surface area contributed by atoms with Crippen LogP contribution in [-0.4, -0.2) is 36.5 Å². The number of aromatic amines is 1. The van der Waals surface area contributed by atoms with Gasteiger partial charge in [-0.15, -0.1) is 0 Å². The first-order chi connectivity index (χ1) is 11.1. The Morgan fingerprint density at radius 2 is 2.17 bits per heavy atom. The van der Waals surface area contributed by atoms with Crippen molar-refractivity contribution in [3.63, 3.8) is 0 Å². The van der Waals surface area contributed by atoms with E-state index in [2.05, 4.69) is 27.0 Å². The van der Waals surface area contributed by atoms with E-state index in [-0.39, 0.29) is 5.91 Å². The highest BCUT2D eigenvalue weighted by atomic mass is 16.2. The summed E-state index contributed by atoms with van der Waals surface area (Å²) in [6, 6.07) is 10.1. The van der Waals surface area contributed by atoms with Crippen LogP contribution in [0.5, 0.6) is 0 Å². The molecule has 2 aromatic heterocycles. The lowest BCUT2D eigenvalue weighted by molar-refractivity contribution is 0.0991. The first kappa shape index (κ1) is 13.8. The van der Waals surface area contributed by atoms with Crippen molar-refractivity contribution in [1.82, 2.24) is 9.97 Å². The molecule has 0 saturated heterocycles. The second kappa shape index (κ2) is 5.12. The van der Waals surface area contributed by atoms with Crippen LogP contribution in [0, 0.1) is 0 Å². The largest absolute Gasteiger partial charge is 0.378 e. The molecule has 4 rings (SSSR count). The third kappa shape index (κ3) is 2.16. The molecule has 1 aliphatic rings. The topological polar surface area (TPSA) is 52.2 Å². The predicted octanol–water partition coefficient (Wildman–Crippen LogP) is 2.83. The molecule has 0 radical (unpaired) electrons. The molecule has 0 saturated carbocycles. The van der Waals surface area contributed by atoms with Crippen LogP contribution in [0.2, 0.25) is 0 Å². The van der Waals surface area contributed by atoms with Crippen molar-refractivity contribution in [2.45, 2.75) is 6.42 Å². The molecule has 1 amide bonds. The van der Waals surface area contributed by atoms with Crippen LogP contribution < -0.4 is 9.80 Å². The molecule has 23 heavy (non-hydrogen) atoms. The van der Waals surface area contributed by atoms with Crippen molar-refractivity contribution in [2.24, 2.45) is 0 Å². The van der Waals surface area contributed by atoms with E-state index in [0.717, 1.165) is 35.4 Å². The number of hydrogen-bond acceptors (Lipinski definition) is 3. The van der Waals surface area contributed by atoms with Gasteiger partial charge in [0.05, 0.1) is 5.56 Å². The van der Waals surface area contributed by atoms with E-state index in [4.69, 9.17) is 0 Å². The number of rotatable bonds is 2. The Morgan fingerprint density at radius 1 is 1.30 bits per heavy atom. The minimum Gasteiger partial charge on any atom is -0.378 e. The van der Waals surface area contributed by atoms with Crippen LogP contribution in [-0.2, 0) is 6.42 Å². The summed E-state index contributed by atoms with van der Waals surface area (Å²) in [7, 11) is 4.05. The van der Waals surface area contributed by atoms with Gasteiger partial charge in [-0.3, -0.25) is 4.79 Å². The van der Waals surface area contributed by atoms with Crippen LogP contribution in [0.1, 0.15) is 15.9 Å². The minimum atomic E-state index is 0.0283. The molecule has 1 N–H and O–H groups in total. The van der Waals surface area contributed by atoms with Gasteiger partial charge in [-0.05, 0) is 42.3 Å². The summed E-state index contributed by atoms with van der Waals surface area (Å²) in [6.07, 6.45) is 4.37. The number of nitrogens with zero attached hydrogens (tertiary/aromatic N) is 3. The van der Waals surface area contributed by atoms with Gasteiger partial charge in [0, 0.05) is 49.8 Å². The van der Waals surface area contributed by atoms with Crippen molar-refractivity contribution in [3.8, 4) is 0 Å². The molecule has 3 aromatic rings. The van der Waals surface area contributed by atoms with Gasteiger partial charge < -0.3 is 14.8 Å². The Hall–Kier alpha value is -2.82. The summed E-state index contributed by atoms with van der Waals surface area (Å²) < 4.78 is 0. The highest BCUT2D eigenvalue weighted by Crippen LogP contribution is 2.33. The number of pyridine rings is 1. The van der Waals surface area contributed by atoms with Crippen LogP contribution in [0.4, 0.5) is 11.4 Å². The molecule has 116 valence electrons. The zero-order chi connectivity index (χ0) is 16.0. The number of carbonyl (C=O) groups excluding carboxylic acids is 1. The van der Waals surface area contributed by atoms with Gasteiger partial charge in [-0.2, -0.15) is 0 Å². The average molecular weight is 306 g/mol. The van der Waals surface area contributed by atoms with Crippen molar-refractivity contribution >= 4 is 28.3 Å². The molecular formula is C18H18N4O. The fourth-order valence-electron chi connectivity index (χ4n) is 3.16. The lowest BCUT2D eigenvalue weighted by atomic mass is 10.1. The van der Waals surface area contributed by atoms with Crippen LogP contribution >= 0.6 is 0 Å². The molecular weight excluding hydrogens is 288 g/mol. The Balaban J connectivity index is 1.72. The van der Waals surface area contributed by atoms with Gasteiger partial charge in [0.1, 0.15) is 5.65 Å². The zero-order valence-electron chi connectivity index (χ0n) is 13.2. The molecule has 5 heteroatoms. The number of anilines is 2. The number of aromatic nitrogens is 2. The number of benzene rings is 1. The number of amides is 1. The summed E-state index contributed by atoms with van der Waals surface area (Å²) in [5.41, 5.74) is 4.83. The van der Waals surface area contributed by atoms with Crippen LogP contribution in [0.15, 0.2) is 42.7 Å². The Labute approximate surface area is 134 Å². The van der Waals surface area contributed by atoms with E-state index in [9.17, 15) is 4.79 Å². The second-order valence-electron chi connectivity index (χ2n) is 6.02. The molecule has 0 fully saturated rings. The van der Waals surface area contributed by atoms with Crippen molar-refractivity contribution in [1.29, 1.82) is 0 Å². The van der Waals surface area contributed by atoms with Gasteiger partial charge in [-0.25, -0.2) is 4.98 Å². The van der Waals surface area contributed by atoms with Crippen molar-refractivity contribution < 1.29 is 4.79 Å². The van der Waals surface area contributed by atoms with Gasteiger partial charge >= 0.3 is 0 Å². The van der Waals surface area contributed by atoms with Crippen molar-refractivity contribution in [3.05, 3.63) is 53.9 Å². The van der Waals surface area contributed by atoms with E-state index in [1.807, 2.05) is 37.2 Å². The summed E-state index contributed by atoms with van der Waals surface area (Å²) in [5.74, 6) is 0.0283. The lowest BCUT2D eigenvalue weighted by Gasteiger charge is -2.18. The molecule has 0 bridgehead atoms. The number of hydrogen-bond donors (Lipinski definition) is 1. The first-order valence-electron chi connectivity index (χ1n) is 7.69. The molecule has 0 aliphatic carbocycles. The van der Waals surface area contributed by atoms with E-state index in [0.29, 0.717) is 5.56 Å². The van der Waals surface area contributed by atoms with Gasteiger partial charge in [0.25, 0.3) is 5.91 Å². The molecule has 5 nitrogen and oxygen atoms in total. The van der Waals surface area contributed by atoms with Crippen LogP contribution in [0.25, 0.3) is 11.0 Å². The van der Waals surface area contributed by atoms with E-state index in [1.54, 1.807) is 12.4 Å². The highest BCUT2D eigenvalue weighted by Gasteiger charge is 2.27. The van der Waals surface area contributed by atoms with E-state index < -0.39 is 0 Å². The van der Waals surface area contributed by atoms with Gasteiger partial charge in [0.15, 0.2) is 0 Å². The van der Waals surface area contributed by atoms with E-state index >= 15 is 0 Å². The zero-order valence-corrected chi connectivity index (χ0v) is 13.2. The highest BCUT2D eigenvalue weighted by molar-refractivity contribution is 6.14. The quantitative estimate of drug-likeness (QED) is 0.792. The maximum absolute atomic E-state index is 13.0. The van der Waals surface area contributed by atoms with Gasteiger partial charge in [0.2, 0.25) is 0 Å². The maximum atomic E-state index is 13.0. The predicted molar refractivity (Wildman–Crippen MR) is 92.2 cm³/mol. The molecule has 0 spiro atoms. The van der Waals surface area contributed by atoms with Crippen molar-refractivity contribution in [2.75, 3.05) is 30.4 Å². The number of H-pyrrole nitrogens is 1. The Morgan fingerprint density at radius 3 is 3.00 bits per heavy atom. The normalized spacial score (nSPS) is 13.4. The van der Waals surface area contributed by atoms with Crippen LogP contribution in [0.3, 0.4) is 0 Å². The lowest BCUT2D eigenvalue weighted by Crippen LogP contribution is -2.28. The summed E-state index contributed by atoms with van der Waals surface area (Å²) >= 11 is 0. The average Bonchev–Trinajstić information content (AvgIpc) is 3.17. The van der Waals surface area contributed by atoms with E-state index in [1.165, 1.54) is 5.56 Å². The number of nitrogens with one attached hydrogen (secondary N) is 1. The molecule has 0 unspecified atom stereocenters. The maximum Gasteiger partial charge on any atom is 0.260 e. The summed E-state index contributed by atoms with van der Waals surface area (Å²) in [5, 5.41) is 0.871. The molecule has 1 aliphatic heterocycles. The monoisotopic (exact) mass is 306 g/mol. The third-order valence-electron chi connectivity index (χ3n) is 4.40. The fraction of sp³-hybridized carbons (Fsp3) is 0.222. The Bertz CT molecular complexity index is 897. The third-order valence-corrected chi connectivity index (χ3v) is 4.40. The standard InChI is InChI=1S/C18H18N4O/c1-21(2)13-5-6-16-12(10-13)7-9-22(16)18(23)15-11-20-17-14(15)4-3-8-19-17/h3-6,8,10-11H,7,9H2,1-2H3,(H,19,20). The minimum absolute atomic E-state index is 0.0283. The smallest absolute Gasteiger partial charge is 0.260 e. The summed E-state index contributed by atoms with van der Waals surface area (Å²) in [6.45, 7) is 0.720. The fourth-order valence-corrected chi connectivity index (χ4v) is 3.16. The first-order valence-corrected chi connectivity index (χ1v) is 7.69. The number of carbonyl (C=O) groups is 1. The molecule has 0 atom stereocenters. The Kier molecular flexibility index (Phi) is 3.08. The molecule has 3 heterocycles. The number of fused-ring (bicyclic) bond motifs is 2. The second-order valence-corrected chi connectivity index (χ2v) is 6.02. The van der Waals surface area contributed by atoms with Gasteiger partial charge in [-0.1, -0.05) is 0 Å². The SMILES string of the molecule is CN(C)c1ccc2c(c1)CCN2C(=O)c1c[nH]c2ncccc12. The molecule has 1 aromatic carbocycles.